The van der Waals surface area contributed by atoms with E-state index >= 15 is 0 Å². The predicted octanol–water partition coefficient (Wildman–Crippen LogP) is 0.929. The second kappa shape index (κ2) is 7.36. The number of carbonyl (C=O) groups is 2. The standard InChI is InChI=1S/C13H24N2O3/c1-4-11-13(17)15(10(2)12(16)14-11)8-6-5-7-9-18-3/h10-11H,4-9H2,1-3H3,(H,14,16). The van der Waals surface area contributed by atoms with Crippen molar-refractivity contribution < 1.29 is 14.3 Å². The van der Waals surface area contributed by atoms with Crippen LogP contribution in [0.5, 0.6) is 0 Å². The van der Waals surface area contributed by atoms with Gasteiger partial charge in [0.1, 0.15) is 12.1 Å². The summed E-state index contributed by atoms with van der Waals surface area (Å²) in [5.74, 6) is 0.00897. The van der Waals surface area contributed by atoms with Crippen LogP contribution in [0.4, 0.5) is 0 Å². The molecule has 0 aromatic heterocycles. The van der Waals surface area contributed by atoms with Crippen LogP contribution in [-0.4, -0.2) is 49.1 Å². The lowest BCUT2D eigenvalue weighted by Gasteiger charge is -2.37. The van der Waals surface area contributed by atoms with Crippen LogP contribution in [0, 0.1) is 0 Å². The first-order valence-electron chi connectivity index (χ1n) is 6.71. The Morgan fingerprint density at radius 2 is 2.00 bits per heavy atom. The van der Waals surface area contributed by atoms with Crippen molar-refractivity contribution in [1.82, 2.24) is 10.2 Å². The fourth-order valence-corrected chi connectivity index (χ4v) is 2.17. The van der Waals surface area contributed by atoms with Gasteiger partial charge in [0.2, 0.25) is 11.8 Å². The van der Waals surface area contributed by atoms with Gasteiger partial charge in [-0.3, -0.25) is 9.59 Å². The van der Waals surface area contributed by atoms with E-state index in [9.17, 15) is 9.59 Å². The average Bonchev–Trinajstić information content (AvgIpc) is 2.37. The normalized spacial score (nSPS) is 24.3. The highest BCUT2D eigenvalue weighted by atomic mass is 16.5. The summed E-state index contributed by atoms with van der Waals surface area (Å²) < 4.78 is 4.98. The summed E-state index contributed by atoms with van der Waals surface area (Å²) >= 11 is 0. The van der Waals surface area contributed by atoms with Crippen molar-refractivity contribution in [2.75, 3.05) is 20.3 Å². The molecule has 2 amide bonds. The second-order valence-electron chi connectivity index (χ2n) is 4.73. The molecule has 18 heavy (non-hydrogen) atoms. The van der Waals surface area contributed by atoms with E-state index in [1.165, 1.54) is 0 Å². The van der Waals surface area contributed by atoms with Crippen molar-refractivity contribution in [1.29, 1.82) is 0 Å². The van der Waals surface area contributed by atoms with Crippen molar-refractivity contribution in [3.63, 3.8) is 0 Å². The van der Waals surface area contributed by atoms with Gasteiger partial charge in [-0.05, 0) is 32.6 Å². The molecule has 1 aliphatic heterocycles. The van der Waals surface area contributed by atoms with E-state index in [4.69, 9.17) is 4.74 Å². The lowest BCUT2D eigenvalue weighted by Crippen LogP contribution is -2.62. The van der Waals surface area contributed by atoms with E-state index in [0.29, 0.717) is 13.0 Å². The molecule has 1 fully saturated rings. The Kier molecular flexibility index (Phi) is 6.12. The number of nitrogens with one attached hydrogen (secondary N) is 1. The molecule has 1 aliphatic rings. The van der Waals surface area contributed by atoms with Gasteiger partial charge in [-0.25, -0.2) is 0 Å². The third-order valence-electron chi connectivity index (χ3n) is 3.40. The number of piperazine rings is 1. The maximum atomic E-state index is 12.1. The molecule has 0 aliphatic carbocycles. The van der Waals surface area contributed by atoms with E-state index in [-0.39, 0.29) is 23.9 Å². The Labute approximate surface area is 109 Å². The number of ether oxygens (including phenoxy) is 1. The molecule has 1 N–H and O–H groups in total. The van der Waals surface area contributed by atoms with Crippen LogP contribution in [0.1, 0.15) is 39.5 Å². The van der Waals surface area contributed by atoms with Gasteiger partial charge in [-0.2, -0.15) is 0 Å². The highest BCUT2D eigenvalue weighted by molar-refractivity contribution is 5.96. The summed E-state index contributed by atoms with van der Waals surface area (Å²) in [6, 6.07) is -0.685. The van der Waals surface area contributed by atoms with Crippen molar-refractivity contribution in [2.24, 2.45) is 0 Å². The van der Waals surface area contributed by atoms with Crippen molar-refractivity contribution >= 4 is 11.8 Å². The molecule has 5 nitrogen and oxygen atoms in total. The molecule has 1 heterocycles. The molecule has 0 spiro atoms. The third kappa shape index (κ3) is 3.70. The molecule has 2 unspecified atom stereocenters. The molecule has 0 bridgehead atoms. The van der Waals surface area contributed by atoms with Crippen molar-refractivity contribution in [2.45, 2.75) is 51.6 Å². The largest absolute Gasteiger partial charge is 0.385 e. The molecule has 0 radical (unpaired) electrons. The number of rotatable bonds is 7. The van der Waals surface area contributed by atoms with Crippen LogP contribution >= 0.6 is 0 Å². The van der Waals surface area contributed by atoms with Gasteiger partial charge < -0.3 is 15.0 Å². The molecular weight excluding hydrogens is 232 g/mol. The van der Waals surface area contributed by atoms with E-state index in [1.807, 2.05) is 6.92 Å². The van der Waals surface area contributed by atoms with Gasteiger partial charge in [-0.15, -0.1) is 0 Å². The van der Waals surface area contributed by atoms with Crippen LogP contribution in [0.15, 0.2) is 0 Å². The summed E-state index contributed by atoms with van der Waals surface area (Å²) in [5, 5.41) is 2.76. The van der Waals surface area contributed by atoms with Gasteiger partial charge in [0, 0.05) is 20.3 Å². The van der Waals surface area contributed by atoms with Gasteiger partial charge in [0.25, 0.3) is 0 Å². The third-order valence-corrected chi connectivity index (χ3v) is 3.40. The summed E-state index contributed by atoms with van der Waals surface area (Å²) in [6.07, 6.45) is 3.58. The molecule has 0 aromatic carbocycles. The minimum atomic E-state index is -0.345. The van der Waals surface area contributed by atoms with Crippen LogP contribution in [-0.2, 0) is 14.3 Å². The fourth-order valence-electron chi connectivity index (χ4n) is 2.17. The lowest BCUT2D eigenvalue weighted by molar-refractivity contribution is -0.148. The predicted molar refractivity (Wildman–Crippen MR) is 69.1 cm³/mol. The summed E-state index contributed by atoms with van der Waals surface area (Å²) in [6.45, 7) is 5.11. The molecule has 0 aromatic rings. The first-order chi connectivity index (χ1) is 8.61. The van der Waals surface area contributed by atoms with Crippen LogP contribution < -0.4 is 5.32 Å². The number of unbranched alkanes of at least 4 members (excludes halogenated alkanes) is 2. The topological polar surface area (TPSA) is 58.6 Å². The molecule has 104 valence electrons. The fraction of sp³-hybridized carbons (Fsp3) is 0.846. The van der Waals surface area contributed by atoms with Crippen molar-refractivity contribution in [3.05, 3.63) is 0 Å². The zero-order valence-corrected chi connectivity index (χ0v) is 11.6. The Morgan fingerprint density at radius 3 is 2.61 bits per heavy atom. The summed E-state index contributed by atoms with van der Waals surface area (Å²) in [5.41, 5.74) is 0. The Balaban J connectivity index is 2.44. The van der Waals surface area contributed by atoms with Gasteiger partial charge in [0.15, 0.2) is 0 Å². The highest BCUT2D eigenvalue weighted by Gasteiger charge is 2.36. The molecule has 2 atom stereocenters. The summed E-state index contributed by atoms with van der Waals surface area (Å²) in [7, 11) is 1.69. The van der Waals surface area contributed by atoms with Crippen LogP contribution in [0.2, 0.25) is 0 Å². The average molecular weight is 256 g/mol. The minimum absolute atomic E-state index is 0.0432. The Morgan fingerprint density at radius 1 is 1.28 bits per heavy atom. The van der Waals surface area contributed by atoms with Crippen LogP contribution in [0.25, 0.3) is 0 Å². The molecule has 0 saturated carbocycles. The van der Waals surface area contributed by atoms with Gasteiger partial charge in [0.05, 0.1) is 0 Å². The zero-order chi connectivity index (χ0) is 13.5. The summed E-state index contributed by atoms with van der Waals surface area (Å²) in [4.78, 5) is 25.6. The maximum Gasteiger partial charge on any atom is 0.245 e. The van der Waals surface area contributed by atoms with E-state index in [2.05, 4.69) is 5.32 Å². The van der Waals surface area contributed by atoms with Crippen LogP contribution in [0.3, 0.4) is 0 Å². The number of carbonyl (C=O) groups excluding carboxylic acids is 2. The number of hydrogen-bond donors (Lipinski definition) is 1. The van der Waals surface area contributed by atoms with E-state index < -0.39 is 0 Å². The molecule has 1 saturated heterocycles. The molecule has 1 rings (SSSR count). The highest BCUT2D eigenvalue weighted by Crippen LogP contribution is 2.13. The van der Waals surface area contributed by atoms with E-state index in [1.54, 1.807) is 18.9 Å². The molecule has 5 heteroatoms. The first-order valence-corrected chi connectivity index (χ1v) is 6.71. The SMILES string of the molecule is CCC1NC(=O)C(C)N(CCCCCOC)C1=O. The molecular formula is C13H24N2O3. The smallest absolute Gasteiger partial charge is 0.245 e. The first kappa shape index (κ1) is 15.0. The second-order valence-corrected chi connectivity index (χ2v) is 4.73. The van der Waals surface area contributed by atoms with Crippen molar-refractivity contribution in [3.8, 4) is 0 Å². The Bertz CT molecular complexity index is 294. The van der Waals surface area contributed by atoms with Gasteiger partial charge in [-0.1, -0.05) is 6.92 Å². The minimum Gasteiger partial charge on any atom is -0.385 e. The zero-order valence-electron chi connectivity index (χ0n) is 11.6. The lowest BCUT2D eigenvalue weighted by atomic mass is 10.1. The Hall–Kier alpha value is -1.10. The monoisotopic (exact) mass is 256 g/mol. The number of hydrogen-bond acceptors (Lipinski definition) is 3. The van der Waals surface area contributed by atoms with E-state index in [0.717, 1.165) is 25.9 Å². The number of nitrogens with zero attached hydrogens (tertiary/aromatic N) is 1. The maximum absolute atomic E-state index is 12.1. The quantitative estimate of drug-likeness (QED) is 0.689. The number of methoxy groups -OCH3 is 1. The van der Waals surface area contributed by atoms with Gasteiger partial charge >= 0.3 is 0 Å². The number of amides is 2.